The van der Waals surface area contributed by atoms with Gasteiger partial charge >= 0.3 is 0 Å². The van der Waals surface area contributed by atoms with Gasteiger partial charge in [-0.15, -0.1) is 0 Å². The first-order valence-electron chi connectivity index (χ1n) is 22.0. The Kier molecular flexibility index (Phi) is 8.23. The van der Waals surface area contributed by atoms with Crippen molar-refractivity contribution in [3.63, 3.8) is 0 Å². The number of aromatic nitrogens is 2. The van der Waals surface area contributed by atoms with E-state index in [2.05, 4.69) is 252 Å². The summed E-state index contributed by atoms with van der Waals surface area (Å²) >= 11 is 0. The van der Waals surface area contributed by atoms with Gasteiger partial charge in [-0.1, -0.05) is 188 Å². The molecule has 0 spiro atoms. The van der Waals surface area contributed by atoms with Crippen LogP contribution in [0.15, 0.2) is 247 Å². The summed E-state index contributed by atoms with van der Waals surface area (Å²) in [6.45, 7) is 0. The predicted molar refractivity (Wildman–Crippen MR) is 271 cm³/mol. The molecule has 300 valence electrons. The lowest BCUT2D eigenvalue weighted by Gasteiger charge is -2.35. The van der Waals surface area contributed by atoms with Crippen LogP contribution in [0.2, 0.25) is 0 Å². The van der Waals surface area contributed by atoms with Gasteiger partial charge in [0.15, 0.2) is 8.07 Å². The Bertz CT molecular complexity index is 3840. The highest BCUT2D eigenvalue weighted by Gasteiger charge is 2.45. The van der Waals surface area contributed by atoms with Crippen LogP contribution in [-0.2, 0) is 0 Å². The number of hydrogen-bond donors (Lipinski definition) is 0. The van der Waals surface area contributed by atoms with Crippen molar-refractivity contribution in [3.05, 3.63) is 243 Å². The van der Waals surface area contributed by atoms with Crippen molar-refractivity contribution in [2.24, 2.45) is 0 Å². The minimum absolute atomic E-state index is 0.907. The molecule has 3 nitrogen and oxygen atoms in total. The van der Waals surface area contributed by atoms with Gasteiger partial charge in [0.2, 0.25) is 0 Å². The lowest BCUT2D eigenvalue weighted by atomic mass is 10.1. The van der Waals surface area contributed by atoms with E-state index in [1.54, 1.807) is 0 Å². The summed E-state index contributed by atoms with van der Waals surface area (Å²) in [5.74, 6) is 0. The Labute approximate surface area is 371 Å². The van der Waals surface area contributed by atoms with Crippen molar-refractivity contribution in [1.29, 1.82) is 0 Å². The number of hydrogen-bond acceptors (Lipinski definition) is 1. The minimum Gasteiger partial charge on any atom is -0.456 e. The molecule has 4 heteroatoms. The molecule has 0 aliphatic rings. The molecule has 0 aliphatic heterocycles. The topological polar surface area (TPSA) is 23.0 Å². The van der Waals surface area contributed by atoms with Crippen molar-refractivity contribution in [2.45, 2.75) is 0 Å². The van der Waals surface area contributed by atoms with E-state index in [1.165, 1.54) is 75.5 Å². The van der Waals surface area contributed by atoms with Crippen LogP contribution in [0, 0.1) is 0 Å². The first-order valence-corrected chi connectivity index (χ1v) is 24.0. The van der Waals surface area contributed by atoms with E-state index in [9.17, 15) is 0 Å². The number of rotatable bonds is 7. The number of furan rings is 1. The Hall–Kier alpha value is -8.18. The van der Waals surface area contributed by atoms with Gasteiger partial charge in [0.25, 0.3) is 0 Å². The maximum absolute atomic E-state index is 6.99. The van der Waals surface area contributed by atoms with Gasteiger partial charge in [-0.2, -0.15) is 0 Å². The average Bonchev–Trinajstić information content (AvgIpc) is 4.03. The molecule has 0 amide bonds. The maximum atomic E-state index is 6.99. The van der Waals surface area contributed by atoms with E-state index in [1.807, 2.05) is 0 Å². The minimum atomic E-state index is -3.15. The number of para-hydroxylation sites is 4. The fraction of sp³-hybridized carbons (Fsp3) is 0. The van der Waals surface area contributed by atoms with Gasteiger partial charge in [-0.05, 0) is 86.5 Å². The van der Waals surface area contributed by atoms with Crippen LogP contribution < -0.4 is 20.7 Å². The third kappa shape index (κ3) is 5.33. The summed E-state index contributed by atoms with van der Waals surface area (Å²) in [5.41, 5.74) is 11.3. The molecule has 0 aliphatic carbocycles. The maximum Gasteiger partial charge on any atom is 0.184 e. The van der Waals surface area contributed by atoms with Gasteiger partial charge in [0.05, 0.1) is 22.1 Å². The van der Waals surface area contributed by atoms with Gasteiger partial charge in [-0.3, -0.25) is 0 Å². The average molecular weight is 833 g/mol. The Morgan fingerprint density at radius 1 is 0.312 bits per heavy atom. The summed E-state index contributed by atoms with van der Waals surface area (Å²) < 4.78 is 11.9. The summed E-state index contributed by atoms with van der Waals surface area (Å²) in [7, 11) is -3.15. The number of benzene rings is 10. The number of nitrogens with zero attached hydrogens (tertiary/aromatic N) is 2. The Morgan fingerprint density at radius 3 is 1.55 bits per heavy atom. The molecule has 0 bridgehead atoms. The van der Waals surface area contributed by atoms with Crippen molar-refractivity contribution in [3.8, 4) is 22.5 Å². The van der Waals surface area contributed by atoms with E-state index in [0.29, 0.717) is 0 Å². The summed E-state index contributed by atoms with van der Waals surface area (Å²) in [6.07, 6.45) is 0. The third-order valence-electron chi connectivity index (χ3n) is 13.5. The molecule has 64 heavy (non-hydrogen) atoms. The number of fused-ring (bicyclic) bond motifs is 9. The van der Waals surface area contributed by atoms with Crippen molar-refractivity contribution < 1.29 is 4.42 Å². The Morgan fingerprint density at radius 2 is 0.812 bits per heavy atom. The van der Waals surface area contributed by atoms with E-state index >= 15 is 0 Å². The summed E-state index contributed by atoms with van der Waals surface area (Å²) in [5, 5.41) is 12.4. The first-order chi connectivity index (χ1) is 31.8. The van der Waals surface area contributed by atoms with Crippen molar-refractivity contribution >= 4 is 94.4 Å². The van der Waals surface area contributed by atoms with E-state index < -0.39 is 8.07 Å². The highest BCUT2D eigenvalue weighted by molar-refractivity contribution is 7.21. The standard InChI is InChI=1S/C60H40N2OSi/c1-4-18-41(19-5-1)42-34-36-43(37-35-42)61-52-28-13-10-24-47(52)51-40-44(38-39-54(51)61)62-53-29-14-11-26-50(53)59-55(62)30-17-32-57(59)64(45-20-6-2-7-21-45,46-22-8-3-9-23-46)58-33-16-27-49-48-25-12-15-31-56(48)63-60(49)58/h1-40H. The van der Waals surface area contributed by atoms with Gasteiger partial charge < -0.3 is 13.6 Å². The lowest BCUT2D eigenvalue weighted by Crippen LogP contribution is -2.75. The molecule has 10 aromatic carbocycles. The molecular weight excluding hydrogens is 793 g/mol. The van der Waals surface area contributed by atoms with Crippen LogP contribution in [0.3, 0.4) is 0 Å². The molecule has 3 heterocycles. The molecule has 13 aromatic rings. The predicted octanol–water partition coefficient (Wildman–Crippen LogP) is 12.8. The SMILES string of the molecule is c1ccc(-c2ccc(-n3c4ccccc4c4cc(-n5c6ccccc6c6c([Si](c7ccccc7)(c7ccccc7)c7cccc8c7oc7ccccc78)cccc65)ccc43)cc2)cc1. The second-order valence-corrected chi connectivity index (χ2v) is 20.5. The van der Waals surface area contributed by atoms with Gasteiger partial charge in [0.1, 0.15) is 11.2 Å². The highest BCUT2D eigenvalue weighted by Crippen LogP contribution is 2.38. The van der Waals surface area contributed by atoms with Gasteiger partial charge in [0, 0.05) is 43.7 Å². The molecular formula is C60H40N2OSi. The molecule has 0 N–H and O–H groups in total. The molecule has 0 radical (unpaired) electrons. The van der Waals surface area contributed by atoms with Crippen LogP contribution in [-0.4, -0.2) is 17.2 Å². The fourth-order valence-electron chi connectivity index (χ4n) is 10.8. The summed E-state index contributed by atoms with van der Waals surface area (Å²) in [4.78, 5) is 0. The highest BCUT2D eigenvalue weighted by atomic mass is 28.3. The molecule has 0 atom stereocenters. The zero-order chi connectivity index (χ0) is 42.2. The normalized spacial score (nSPS) is 12.1. The van der Waals surface area contributed by atoms with Gasteiger partial charge in [-0.25, -0.2) is 0 Å². The largest absolute Gasteiger partial charge is 0.456 e. The lowest BCUT2D eigenvalue weighted by molar-refractivity contribution is 0.671. The zero-order valence-corrected chi connectivity index (χ0v) is 35.9. The van der Waals surface area contributed by atoms with E-state index in [-0.39, 0.29) is 0 Å². The molecule has 0 saturated carbocycles. The Balaban J connectivity index is 1.09. The molecule has 13 rings (SSSR count). The monoisotopic (exact) mass is 832 g/mol. The second-order valence-electron chi connectivity index (χ2n) is 16.8. The van der Waals surface area contributed by atoms with E-state index in [4.69, 9.17) is 4.42 Å². The van der Waals surface area contributed by atoms with Crippen molar-refractivity contribution in [1.82, 2.24) is 9.13 Å². The van der Waals surface area contributed by atoms with Crippen LogP contribution in [0.25, 0.3) is 88.1 Å². The van der Waals surface area contributed by atoms with Crippen LogP contribution in [0.1, 0.15) is 0 Å². The smallest absolute Gasteiger partial charge is 0.184 e. The zero-order valence-electron chi connectivity index (χ0n) is 34.9. The molecule has 3 aromatic heterocycles. The van der Waals surface area contributed by atoms with E-state index in [0.717, 1.165) is 33.3 Å². The quantitative estimate of drug-likeness (QED) is 0.116. The van der Waals surface area contributed by atoms with Crippen LogP contribution >= 0.6 is 0 Å². The molecule has 0 unspecified atom stereocenters. The molecule has 0 fully saturated rings. The fourth-order valence-corrected chi connectivity index (χ4v) is 15.9. The second kappa shape index (κ2) is 14.5. The molecule has 0 saturated heterocycles. The first kappa shape index (κ1) is 36.5. The van der Waals surface area contributed by atoms with Crippen molar-refractivity contribution in [2.75, 3.05) is 0 Å². The third-order valence-corrected chi connectivity index (χ3v) is 18.3. The van der Waals surface area contributed by atoms with Crippen LogP contribution in [0.5, 0.6) is 0 Å². The van der Waals surface area contributed by atoms with Crippen LogP contribution in [0.4, 0.5) is 0 Å². The summed E-state index contributed by atoms with van der Waals surface area (Å²) in [6, 6.07) is 89.1.